The van der Waals surface area contributed by atoms with E-state index < -0.39 is 0 Å². The number of nitrogens with two attached hydrogens (primary N) is 2. The highest BCUT2D eigenvalue weighted by molar-refractivity contribution is 5.44. The van der Waals surface area contributed by atoms with Crippen LogP contribution in [0.15, 0.2) is 24.3 Å². The van der Waals surface area contributed by atoms with Gasteiger partial charge >= 0.3 is 0 Å². The van der Waals surface area contributed by atoms with Gasteiger partial charge in [-0.25, -0.2) is 0 Å². The summed E-state index contributed by atoms with van der Waals surface area (Å²) in [6, 6.07) is 8.69. The summed E-state index contributed by atoms with van der Waals surface area (Å²) in [5.74, 6) is 0. The predicted molar refractivity (Wildman–Crippen MR) is 52.0 cm³/mol. The lowest BCUT2D eigenvalue weighted by Crippen LogP contribution is -2.25. The molecule has 2 nitrogen and oxygen atoms in total. The van der Waals surface area contributed by atoms with E-state index in [0.29, 0.717) is 6.54 Å². The van der Waals surface area contributed by atoms with Gasteiger partial charge in [0.15, 0.2) is 0 Å². The fourth-order valence-electron chi connectivity index (χ4n) is 0.836. The summed E-state index contributed by atoms with van der Waals surface area (Å²) in [5.41, 5.74) is 13.3. The van der Waals surface area contributed by atoms with Crippen molar-refractivity contribution in [3.8, 4) is 0 Å². The molecule has 1 atom stereocenters. The third kappa shape index (κ3) is 3.03. The van der Waals surface area contributed by atoms with Crippen LogP contribution in [0.25, 0.3) is 0 Å². The first-order valence-electron chi connectivity index (χ1n) is 4.26. The molecule has 0 saturated carbocycles. The molecule has 2 rings (SSSR count). The largest absolute Gasteiger partial charge is 0.329 e. The lowest BCUT2D eigenvalue weighted by atomic mass is 10.4. The number of hydrogen-bond acceptors (Lipinski definition) is 2. The van der Waals surface area contributed by atoms with Gasteiger partial charge in [-0.3, -0.25) is 0 Å². The molecular weight excluding hydrogens is 148 g/mol. The number of benzene rings is 1. The molecule has 66 valence electrons. The smallest absolute Gasteiger partial charge is 0.0134 e. The summed E-state index contributed by atoms with van der Waals surface area (Å²) in [6.45, 7) is 2.46. The Hall–Kier alpha value is -0.860. The Labute approximate surface area is 73.6 Å². The maximum absolute atomic E-state index is 5.17. The van der Waals surface area contributed by atoms with E-state index in [-0.39, 0.29) is 6.04 Å². The van der Waals surface area contributed by atoms with Crippen molar-refractivity contribution < 1.29 is 0 Å². The average Bonchev–Trinajstić information content (AvgIpc) is 2.83. The highest BCUT2D eigenvalue weighted by Gasteiger charge is 2.12. The SMILES string of the molecule is CC(N)CN.c1ccc2c(c1)C2. The molecule has 12 heavy (non-hydrogen) atoms. The minimum Gasteiger partial charge on any atom is -0.329 e. The first-order chi connectivity index (χ1) is 5.74. The fourth-order valence-corrected chi connectivity index (χ4v) is 0.836. The van der Waals surface area contributed by atoms with E-state index in [2.05, 4.69) is 24.3 Å². The second kappa shape index (κ2) is 4.24. The third-order valence-electron chi connectivity index (χ3n) is 1.75. The Balaban J connectivity index is 0.000000130. The molecule has 2 heteroatoms. The summed E-state index contributed by atoms with van der Waals surface area (Å²) >= 11 is 0. The lowest BCUT2D eigenvalue weighted by molar-refractivity contribution is 0.752. The van der Waals surface area contributed by atoms with Crippen LogP contribution in [0, 0.1) is 0 Å². The molecule has 0 spiro atoms. The van der Waals surface area contributed by atoms with Crippen molar-refractivity contribution in [2.24, 2.45) is 11.5 Å². The Bertz CT molecular complexity index is 222. The zero-order valence-corrected chi connectivity index (χ0v) is 7.46. The molecule has 0 aliphatic heterocycles. The Morgan fingerprint density at radius 1 is 1.33 bits per heavy atom. The second-order valence-corrected chi connectivity index (χ2v) is 3.16. The van der Waals surface area contributed by atoms with E-state index in [0.717, 1.165) is 0 Å². The molecule has 1 aromatic rings. The van der Waals surface area contributed by atoms with Crippen molar-refractivity contribution >= 4 is 0 Å². The highest BCUT2D eigenvalue weighted by Crippen LogP contribution is 2.25. The van der Waals surface area contributed by atoms with Gasteiger partial charge in [0.05, 0.1) is 0 Å². The third-order valence-corrected chi connectivity index (χ3v) is 1.75. The van der Waals surface area contributed by atoms with Gasteiger partial charge in [0, 0.05) is 12.6 Å². The molecular formula is C10H16N2. The molecule has 1 aliphatic carbocycles. The van der Waals surface area contributed by atoms with E-state index in [4.69, 9.17) is 11.5 Å². The maximum Gasteiger partial charge on any atom is 0.0134 e. The maximum atomic E-state index is 5.17. The molecule has 4 N–H and O–H groups in total. The van der Waals surface area contributed by atoms with Gasteiger partial charge in [0.1, 0.15) is 0 Å². The molecule has 1 unspecified atom stereocenters. The minimum absolute atomic E-state index is 0.162. The van der Waals surface area contributed by atoms with E-state index >= 15 is 0 Å². The van der Waals surface area contributed by atoms with E-state index in [1.807, 2.05) is 6.92 Å². The molecule has 0 radical (unpaired) electrons. The van der Waals surface area contributed by atoms with Gasteiger partial charge in [-0.2, -0.15) is 0 Å². The second-order valence-electron chi connectivity index (χ2n) is 3.16. The Kier molecular flexibility index (Phi) is 3.26. The van der Waals surface area contributed by atoms with Crippen molar-refractivity contribution in [1.29, 1.82) is 0 Å². The summed E-state index contributed by atoms with van der Waals surface area (Å²) in [4.78, 5) is 0. The lowest BCUT2D eigenvalue weighted by Gasteiger charge is -1.92. The topological polar surface area (TPSA) is 52.0 Å². The summed E-state index contributed by atoms with van der Waals surface area (Å²) in [5, 5.41) is 0. The number of rotatable bonds is 1. The van der Waals surface area contributed by atoms with Gasteiger partial charge < -0.3 is 11.5 Å². The van der Waals surface area contributed by atoms with Gasteiger partial charge in [-0.15, -0.1) is 0 Å². The number of fused-ring (bicyclic) bond motifs is 1. The van der Waals surface area contributed by atoms with Crippen LogP contribution in [-0.2, 0) is 6.42 Å². The first kappa shape index (κ1) is 9.23. The van der Waals surface area contributed by atoms with Crippen LogP contribution < -0.4 is 11.5 Å². The standard InChI is InChI=1S/C7H6.C3H10N2/c1-2-4-7-5-6(7)3-1;1-3(5)2-4/h1-4H,5H2;3H,2,4-5H2,1H3. The molecule has 0 heterocycles. The molecule has 1 aromatic carbocycles. The van der Waals surface area contributed by atoms with Crippen LogP contribution in [-0.4, -0.2) is 12.6 Å². The van der Waals surface area contributed by atoms with Crippen molar-refractivity contribution in [1.82, 2.24) is 0 Å². The van der Waals surface area contributed by atoms with Gasteiger partial charge in [-0.05, 0) is 24.5 Å². The minimum atomic E-state index is 0.162. The first-order valence-corrected chi connectivity index (χ1v) is 4.26. The summed E-state index contributed by atoms with van der Waals surface area (Å²) in [6.07, 6.45) is 1.24. The Morgan fingerprint density at radius 3 is 2.00 bits per heavy atom. The van der Waals surface area contributed by atoms with Crippen LogP contribution >= 0.6 is 0 Å². The van der Waals surface area contributed by atoms with Gasteiger partial charge in [-0.1, -0.05) is 24.3 Å². The van der Waals surface area contributed by atoms with Crippen LogP contribution in [0.2, 0.25) is 0 Å². The van der Waals surface area contributed by atoms with Gasteiger partial charge in [0.2, 0.25) is 0 Å². The Morgan fingerprint density at radius 2 is 1.75 bits per heavy atom. The van der Waals surface area contributed by atoms with E-state index in [1.165, 1.54) is 17.5 Å². The van der Waals surface area contributed by atoms with Crippen LogP contribution in [0.3, 0.4) is 0 Å². The van der Waals surface area contributed by atoms with Crippen molar-refractivity contribution in [2.75, 3.05) is 6.54 Å². The zero-order chi connectivity index (χ0) is 8.97. The van der Waals surface area contributed by atoms with Crippen LogP contribution in [0.5, 0.6) is 0 Å². The molecule has 0 amide bonds. The van der Waals surface area contributed by atoms with Gasteiger partial charge in [0.25, 0.3) is 0 Å². The predicted octanol–water partition coefficient (Wildman–Crippen LogP) is 0.883. The number of hydrogen-bond donors (Lipinski definition) is 2. The molecule has 0 saturated heterocycles. The monoisotopic (exact) mass is 164 g/mol. The molecule has 0 bridgehead atoms. The summed E-state index contributed by atoms with van der Waals surface area (Å²) in [7, 11) is 0. The fraction of sp³-hybridized carbons (Fsp3) is 0.400. The summed E-state index contributed by atoms with van der Waals surface area (Å²) < 4.78 is 0. The highest BCUT2D eigenvalue weighted by atomic mass is 14.7. The molecule has 1 aliphatic rings. The molecule has 0 fully saturated rings. The quantitative estimate of drug-likeness (QED) is 0.657. The van der Waals surface area contributed by atoms with Crippen LogP contribution in [0.4, 0.5) is 0 Å². The average molecular weight is 164 g/mol. The van der Waals surface area contributed by atoms with Crippen LogP contribution in [0.1, 0.15) is 18.1 Å². The zero-order valence-electron chi connectivity index (χ0n) is 7.46. The van der Waals surface area contributed by atoms with E-state index in [1.54, 1.807) is 0 Å². The normalized spacial score (nSPS) is 13.9. The van der Waals surface area contributed by atoms with Crippen molar-refractivity contribution in [3.05, 3.63) is 35.4 Å². The van der Waals surface area contributed by atoms with Crippen molar-refractivity contribution in [3.63, 3.8) is 0 Å². The van der Waals surface area contributed by atoms with E-state index in [9.17, 15) is 0 Å². The van der Waals surface area contributed by atoms with Crippen molar-refractivity contribution in [2.45, 2.75) is 19.4 Å². The molecule has 0 aromatic heterocycles.